The average Bonchev–Trinajstić information content (AvgIpc) is 2.84. The van der Waals surface area contributed by atoms with Crippen LogP contribution in [0.5, 0.6) is 0 Å². The van der Waals surface area contributed by atoms with E-state index in [1.165, 1.54) is 34.2 Å². The van der Waals surface area contributed by atoms with Crippen LogP contribution in [0.15, 0.2) is 34.7 Å². The summed E-state index contributed by atoms with van der Waals surface area (Å²) in [5, 5.41) is 0.535. The summed E-state index contributed by atoms with van der Waals surface area (Å²) in [5.74, 6) is 0.509. The summed E-state index contributed by atoms with van der Waals surface area (Å²) in [6, 6.07) is 8.11. The number of nitrogens with zero attached hydrogens (tertiary/aromatic N) is 2. The first-order valence-corrected chi connectivity index (χ1v) is 7.99. The van der Waals surface area contributed by atoms with Gasteiger partial charge < -0.3 is 10.6 Å². The number of benzene rings is 1. The van der Waals surface area contributed by atoms with E-state index in [0.717, 1.165) is 4.21 Å². The maximum absolute atomic E-state index is 12.1. The molecule has 106 valence electrons. The van der Waals surface area contributed by atoms with E-state index in [0.29, 0.717) is 17.4 Å². The molecular weight excluding hydrogens is 290 g/mol. The van der Waals surface area contributed by atoms with Crippen LogP contribution in [-0.4, -0.2) is 28.6 Å². The molecule has 0 saturated heterocycles. The lowest BCUT2D eigenvalue weighted by atomic mass is 10.1. The second-order valence-corrected chi connectivity index (χ2v) is 6.82. The molecule has 0 radical (unpaired) electrons. The predicted molar refractivity (Wildman–Crippen MR) is 84.9 cm³/mol. The minimum absolute atomic E-state index is 0.102. The van der Waals surface area contributed by atoms with E-state index in [-0.39, 0.29) is 5.91 Å². The summed E-state index contributed by atoms with van der Waals surface area (Å²) in [6.45, 7) is 2.69. The van der Waals surface area contributed by atoms with Crippen LogP contribution in [0.4, 0.5) is 5.13 Å². The van der Waals surface area contributed by atoms with Crippen LogP contribution in [0.1, 0.15) is 11.1 Å². The Balaban J connectivity index is 1.87. The van der Waals surface area contributed by atoms with E-state index < -0.39 is 0 Å². The van der Waals surface area contributed by atoms with Gasteiger partial charge in [0.2, 0.25) is 5.91 Å². The molecule has 0 unspecified atom stereocenters. The predicted octanol–water partition coefficient (Wildman–Crippen LogP) is 2.78. The van der Waals surface area contributed by atoms with Crippen molar-refractivity contribution >= 4 is 34.1 Å². The molecular formula is C14H17N3OS2. The lowest BCUT2D eigenvalue weighted by Crippen LogP contribution is -2.28. The van der Waals surface area contributed by atoms with Crippen molar-refractivity contribution in [3.8, 4) is 0 Å². The normalized spacial score (nSPS) is 10.5. The number of rotatable bonds is 5. The first kappa shape index (κ1) is 14.9. The molecule has 0 aliphatic rings. The zero-order valence-electron chi connectivity index (χ0n) is 11.5. The van der Waals surface area contributed by atoms with Gasteiger partial charge in [0.25, 0.3) is 0 Å². The van der Waals surface area contributed by atoms with Crippen LogP contribution in [0.2, 0.25) is 0 Å². The maximum atomic E-state index is 12.1. The molecule has 0 aliphatic heterocycles. The van der Waals surface area contributed by atoms with E-state index >= 15 is 0 Å². The maximum Gasteiger partial charge on any atom is 0.233 e. The van der Waals surface area contributed by atoms with Crippen molar-refractivity contribution < 1.29 is 4.79 Å². The van der Waals surface area contributed by atoms with Gasteiger partial charge in [-0.1, -0.05) is 35.6 Å². The average molecular weight is 307 g/mol. The second kappa shape index (κ2) is 6.76. The van der Waals surface area contributed by atoms with Gasteiger partial charge in [0.05, 0.1) is 16.2 Å². The van der Waals surface area contributed by atoms with Crippen molar-refractivity contribution in [3.05, 3.63) is 41.6 Å². The fourth-order valence-corrected chi connectivity index (χ4v) is 3.41. The number of carbonyl (C=O) groups is 1. The molecule has 2 aromatic rings. The molecule has 1 heterocycles. The standard InChI is InChI=1S/C14H17N3OS2/c1-10-5-3-4-6-11(10)8-17(2)12(18)9-19-13-7-16-14(15)20-13/h3-7H,8-9H2,1-2H3,(H2,15,16). The Hall–Kier alpha value is -1.53. The van der Waals surface area contributed by atoms with Gasteiger partial charge in [0.1, 0.15) is 0 Å². The zero-order chi connectivity index (χ0) is 14.5. The fraction of sp³-hybridized carbons (Fsp3) is 0.286. The Kier molecular flexibility index (Phi) is 5.03. The van der Waals surface area contributed by atoms with Crippen LogP contribution in [0, 0.1) is 6.92 Å². The van der Waals surface area contributed by atoms with Gasteiger partial charge in [-0.05, 0) is 18.1 Å². The summed E-state index contributed by atoms with van der Waals surface area (Å²) in [5.41, 5.74) is 7.94. The molecule has 0 saturated carbocycles. The van der Waals surface area contributed by atoms with E-state index in [1.807, 2.05) is 19.2 Å². The third kappa shape index (κ3) is 3.98. The van der Waals surface area contributed by atoms with Gasteiger partial charge >= 0.3 is 0 Å². The number of hydrogen-bond acceptors (Lipinski definition) is 5. The van der Waals surface area contributed by atoms with Crippen LogP contribution in [-0.2, 0) is 11.3 Å². The lowest BCUT2D eigenvalue weighted by molar-refractivity contribution is -0.127. The summed E-state index contributed by atoms with van der Waals surface area (Å²) in [4.78, 5) is 17.8. The molecule has 2 N–H and O–H groups in total. The topological polar surface area (TPSA) is 59.2 Å². The summed E-state index contributed by atoms with van der Waals surface area (Å²) < 4.78 is 0.972. The molecule has 0 atom stereocenters. The number of nitrogen functional groups attached to an aromatic ring is 1. The second-order valence-electron chi connectivity index (χ2n) is 4.48. The number of anilines is 1. The highest BCUT2D eigenvalue weighted by atomic mass is 32.2. The smallest absolute Gasteiger partial charge is 0.233 e. The third-order valence-electron chi connectivity index (χ3n) is 2.93. The van der Waals surface area contributed by atoms with Crippen LogP contribution < -0.4 is 5.73 Å². The Morgan fingerprint density at radius 1 is 1.45 bits per heavy atom. The number of aromatic nitrogens is 1. The molecule has 1 aromatic heterocycles. The molecule has 0 aliphatic carbocycles. The molecule has 20 heavy (non-hydrogen) atoms. The van der Waals surface area contributed by atoms with Crippen molar-refractivity contribution in [2.24, 2.45) is 0 Å². The van der Waals surface area contributed by atoms with Gasteiger partial charge in [0.15, 0.2) is 5.13 Å². The molecule has 4 nitrogen and oxygen atoms in total. The Bertz CT molecular complexity index is 598. The van der Waals surface area contributed by atoms with Crippen molar-refractivity contribution in [3.63, 3.8) is 0 Å². The number of hydrogen-bond donors (Lipinski definition) is 1. The van der Waals surface area contributed by atoms with Crippen molar-refractivity contribution in [1.29, 1.82) is 0 Å². The first-order chi connectivity index (χ1) is 9.56. The Labute approximate surface area is 127 Å². The zero-order valence-corrected chi connectivity index (χ0v) is 13.1. The largest absolute Gasteiger partial charge is 0.375 e. The third-order valence-corrected chi connectivity index (χ3v) is 4.94. The number of thiazole rings is 1. The number of carbonyl (C=O) groups excluding carboxylic acids is 1. The first-order valence-electron chi connectivity index (χ1n) is 6.19. The SMILES string of the molecule is Cc1ccccc1CN(C)C(=O)CSc1cnc(N)s1. The van der Waals surface area contributed by atoms with Crippen LogP contribution in [0.25, 0.3) is 0 Å². The van der Waals surface area contributed by atoms with Crippen LogP contribution >= 0.6 is 23.1 Å². The number of nitrogens with two attached hydrogens (primary N) is 1. The molecule has 1 amide bonds. The molecule has 0 spiro atoms. The highest BCUT2D eigenvalue weighted by Crippen LogP contribution is 2.26. The van der Waals surface area contributed by atoms with Gasteiger partial charge in [0, 0.05) is 13.6 Å². The van der Waals surface area contributed by atoms with Crippen molar-refractivity contribution in [1.82, 2.24) is 9.88 Å². The molecule has 1 aromatic carbocycles. The summed E-state index contributed by atoms with van der Waals surface area (Å²) in [7, 11) is 1.83. The highest BCUT2D eigenvalue weighted by Gasteiger charge is 2.11. The van der Waals surface area contributed by atoms with Gasteiger partial charge in [-0.2, -0.15) is 0 Å². The number of thioether (sulfide) groups is 1. The quantitative estimate of drug-likeness (QED) is 0.863. The summed E-state index contributed by atoms with van der Waals surface area (Å²) in [6.07, 6.45) is 1.71. The monoisotopic (exact) mass is 307 g/mol. The number of amides is 1. The molecule has 6 heteroatoms. The number of aryl methyl sites for hydroxylation is 1. The van der Waals surface area contributed by atoms with E-state index in [4.69, 9.17) is 5.73 Å². The van der Waals surface area contributed by atoms with Crippen molar-refractivity contribution in [2.45, 2.75) is 17.7 Å². The molecule has 2 rings (SSSR count). The Morgan fingerprint density at radius 3 is 2.85 bits per heavy atom. The van der Waals surface area contributed by atoms with Gasteiger partial charge in [-0.25, -0.2) is 4.98 Å². The highest BCUT2D eigenvalue weighted by molar-refractivity contribution is 8.01. The summed E-state index contributed by atoms with van der Waals surface area (Å²) >= 11 is 2.88. The van der Waals surface area contributed by atoms with E-state index in [2.05, 4.69) is 24.0 Å². The lowest BCUT2D eigenvalue weighted by Gasteiger charge is -2.18. The minimum Gasteiger partial charge on any atom is -0.375 e. The Morgan fingerprint density at radius 2 is 2.20 bits per heavy atom. The van der Waals surface area contributed by atoms with Gasteiger partial charge in [-0.15, -0.1) is 11.8 Å². The molecule has 0 fully saturated rings. The van der Waals surface area contributed by atoms with Crippen molar-refractivity contribution in [2.75, 3.05) is 18.5 Å². The van der Waals surface area contributed by atoms with Gasteiger partial charge in [-0.3, -0.25) is 4.79 Å². The van der Waals surface area contributed by atoms with E-state index in [1.54, 1.807) is 11.1 Å². The fourth-order valence-electron chi connectivity index (χ4n) is 1.71. The van der Waals surface area contributed by atoms with Crippen LogP contribution in [0.3, 0.4) is 0 Å². The minimum atomic E-state index is 0.102. The molecule has 0 bridgehead atoms. The van der Waals surface area contributed by atoms with E-state index in [9.17, 15) is 4.79 Å².